The number of nitrogens with zero attached hydrogens (tertiary/aromatic N) is 2. The van der Waals surface area contributed by atoms with Gasteiger partial charge in [0, 0.05) is 11.9 Å². The molecule has 2 heterocycles. The number of thioether (sulfide) groups is 1. The Balaban J connectivity index is 2.63. The summed E-state index contributed by atoms with van der Waals surface area (Å²) in [6.45, 7) is 8.80. The van der Waals surface area contributed by atoms with Crippen LogP contribution in [0.25, 0.3) is 0 Å². The largest absolute Gasteiger partial charge is 0.334 e. The third-order valence-electron chi connectivity index (χ3n) is 2.65. The maximum Gasteiger partial charge on any atom is 0.101 e. The fraction of sp³-hybridized carbons (Fsp3) is 0.545. The quantitative estimate of drug-likeness (QED) is 0.652. The van der Waals surface area contributed by atoms with Gasteiger partial charge in [-0.15, -0.1) is 11.8 Å². The van der Waals surface area contributed by atoms with E-state index in [0.717, 1.165) is 5.56 Å². The summed E-state index contributed by atoms with van der Waals surface area (Å²) in [6, 6.07) is 4.20. The van der Waals surface area contributed by atoms with Gasteiger partial charge in [-0.05, 0) is 33.8 Å². The van der Waals surface area contributed by atoms with E-state index >= 15 is 0 Å². The van der Waals surface area contributed by atoms with Crippen LogP contribution in [0.4, 0.5) is 0 Å². The number of aromatic nitrogens is 1. The Morgan fingerprint density at radius 2 is 2.00 bits per heavy atom. The molecule has 0 N–H and O–H groups in total. The molecular weight excluding hydrogens is 192 g/mol. The molecule has 0 bridgehead atoms. The van der Waals surface area contributed by atoms with Crippen molar-refractivity contribution in [1.82, 2.24) is 4.57 Å². The molecule has 0 saturated carbocycles. The zero-order valence-corrected chi connectivity index (χ0v) is 9.77. The molecule has 74 valence electrons. The van der Waals surface area contributed by atoms with Crippen LogP contribution in [0.2, 0.25) is 0 Å². The summed E-state index contributed by atoms with van der Waals surface area (Å²) in [6.07, 6.45) is 1.96. The number of hydrogen-bond donors (Lipinski definition) is 0. The molecule has 1 aliphatic heterocycles. The Morgan fingerprint density at radius 1 is 1.36 bits per heavy atom. The van der Waals surface area contributed by atoms with Gasteiger partial charge in [-0.25, -0.2) is 0 Å². The highest BCUT2D eigenvalue weighted by atomic mass is 32.2. The first kappa shape index (κ1) is 9.67. The molecule has 0 saturated heterocycles. The third kappa shape index (κ3) is 1.18. The molecular formula is C11H14N2S. The summed E-state index contributed by atoms with van der Waals surface area (Å²) < 4.78 is 2.33. The van der Waals surface area contributed by atoms with Crippen LogP contribution >= 0.6 is 11.8 Å². The van der Waals surface area contributed by atoms with Gasteiger partial charge in [0.15, 0.2) is 0 Å². The SMILES string of the molecule is CC1(C)SC(C)(C)n2cc(C#N)cc21. The first-order valence-electron chi connectivity index (χ1n) is 4.70. The van der Waals surface area contributed by atoms with Crippen LogP contribution < -0.4 is 0 Å². The second-order valence-electron chi connectivity index (χ2n) is 4.65. The molecule has 3 heteroatoms. The van der Waals surface area contributed by atoms with Gasteiger partial charge < -0.3 is 4.57 Å². The molecule has 0 radical (unpaired) electrons. The molecule has 14 heavy (non-hydrogen) atoms. The first-order chi connectivity index (χ1) is 6.37. The fourth-order valence-electron chi connectivity index (χ4n) is 2.16. The van der Waals surface area contributed by atoms with Gasteiger partial charge >= 0.3 is 0 Å². The van der Waals surface area contributed by atoms with Gasteiger partial charge in [0.05, 0.1) is 15.2 Å². The van der Waals surface area contributed by atoms with Crippen LogP contribution in [-0.4, -0.2) is 4.57 Å². The summed E-state index contributed by atoms with van der Waals surface area (Å²) in [5.41, 5.74) is 2.02. The fourth-order valence-corrected chi connectivity index (χ4v) is 3.92. The van der Waals surface area contributed by atoms with E-state index in [2.05, 4.69) is 38.3 Å². The minimum Gasteiger partial charge on any atom is -0.334 e. The summed E-state index contributed by atoms with van der Waals surface area (Å²) >= 11 is 1.93. The Labute approximate surface area is 88.9 Å². The standard InChI is InChI=1S/C11H14N2S/c1-10(2)9-5-8(6-12)7-13(9)11(3,4)14-10/h5,7H,1-4H3. The predicted octanol–water partition coefficient (Wildman–Crippen LogP) is 3.03. The smallest absolute Gasteiger partial charge is 0.101 e. The molecule has 0 amide bonds. The Morgan fingerprint density at radius 3 is 2.50 bits per heavy atom. The van der Waals surface area contributed by atoms with Crippen LogP contribution in [0.1, 0.15) is 39.0 Å². The van der Waals surface area contributed by atoms with Crippen LogP contribution in [0.3, 0.4) is 0 Å². The van der Waals surface area contributed by atoms with E-state index < -0.39 is 0 Å². The second-order valence-corrected chi connectivity index (χ2v) is 6.88. The second kappa shape index (κ2) is 2.58. The molecule has 0 unspecified atom stereocenters. The van der Waals surface area contributed by atoms with E-state index in [1.807, 2.05) is 24.0 Å². The van der Waals surface area contributed by atoms with E-state index in [-0.39, 0.29) is 9.62 Å². The maximum absolute atomic E-state index is 8.87. The van der Waals surface area contributed by atoms with Crippen molar-refractivity contribution in [2.45, 2.75) is 37.3 Å². The minimum atomic E-state index is 0.0634. The molecule has 1 aromatic heterocycles. The van der Waals surface area contributed by atoms with E-state index in [1.54, 1.807) is 0 Å². The van der Waals surface area contributed by atoms with Gasteiger partial charge in [0.2, 0.25) is 0 Å². The lowest BCUT2D eigenvalue weighted by Gasteiger charge is -2.22. The first-order valence-corrected chi connectivity index (χ1v) is 5.52. The third-order valence-corrected chi connectivity index (χ3v) is 4.07. The molecule has 0 aliphatic carbocycles. The molecule has 0 fully saturated rings. The van der Waals surface area contributed by atoms with Crippen molar-refractivity contribution in [1.29, 1.82) is 5.26 Å². The zero-order valence-electron chi connectivity index (χ0n) is 8.96. The molecule has 0 aromatic carbocycles. The van der Waals surface area contributed by atoms with Gasteiger partial charge in [0.25, 0.3) is 0 Å². The maximum atomic E-state index is 8.87. The van der Waals surface area contributed by atoms with Crippen molar-refractivity contribution in [2.75, 3.05) is 0 Å². The molecule has 2 nitrogen and oxygen atoms in total. The molecule has 0 atom stereocenters. The average molecular weight is 206 g/mol. The van der Waals surface area contributed by atoms with Crippen molar-refractivity contribution in [3.63, 3.8) is 0 Å². The van der Waals surface area contributed by atoms with Crippen LogP contribution in [-0.2, 0) is 9.62 Å². The monoisotopic (exact) mass is 206 g/mol. The molecule has 0 spiro atoms. The lowest BCUT2D eigenvalue weighted by Crippen LogP contribution is -2.16. The zero-order chi connectivity index (χ0) is 10.6. The van der Waals surface area contributed by atoms with Crippen molar-refractivity contribution in [3.8, 4) is 6.07 Å². The summed E-state index contributed by atoms with van der Waals surface area (Å²) in [5, 5.41) is 8.87. The molecule has 2 rings (SSSR count). The van der Waals surface area contributed by atoms with E-state index in [4.69, 9.17) is 5.26 Å². The van der Waals surface area contributed by atoms with Crippen LogP contribution in [0.5, 0.6) is 0 Å². The van der Waals surface area contributed by atoms with Crippen molar-refractivity contribution in [3.05, 3.63) is 23.5 Å². The Kier molecular flexibility index (Phi) is 1.78. The molecule has 1 aliphatic rings. The number of nitriles is 1. The predicted molar refractivity (Wildman–Crippen MR) is 59.1 cm³/mol. The van der Waals surface area contributed by atoms with Gasteiger partial charge in [-0.1, -0.05) is 0 Å². The van der Waals surface area contributed by atoms with Crippen LogP contribution in [0.15, 0.2) is 12.3 Å². The Hall–Kier alpha value is -0.880. The van der Waals surface area contributed by atoms with Crippen molar-refractivity contribution >= 4 is 11.8 Å². The highest BCUT2D eigenvalue weighted by Gasteiger charge is 2.42. The van der Waals surface area contributed by atoms with Gasteiger partial charge in [0.1, 0.15) is 6.07 Å². The number of fused-ring (bicyclic) bond motifs is 1. The highest BCUT2D eigenvalue weighted by molar-refractivity contribution is 8.01. The van der Waals surface area contributed by atoms with E-state index in [9.17, 15) is 0 Å². The summed E-state index contributed by atoms with van der Waals surface area (Å²) in [5.74, 6) is 0. The van der Waals surface area contributed by atoms with Gasteiger partial charge in [-0.2, -0.15) is 5.26 Å². The van der Waals surface area contributed by atoms with E-state index in [1.165, 1.54) is 5.69 Å². The Bertz CT molecular complexity index is 389. The normalized spacial score (nSPS) is 21.6. The van der Waals surface area contributed by atoms with Crippen molar-refractivity contribution in [2.24, 2.45) is 0 Å². The summed E-state index contributed by atoms with van der Waals surface area (Å²) in [4.78, 5) is 0.0634. The minimum absolute atomic E-state index is 0.0634. The topological polar surface area (TPSA) is 28.7 Å². The lowest BCUT2D eigenvalue weighted by molar-refractivity contribution is 0.538. The van der Waals surface area contributed by atoms with Crippen LogP contribution in [0, 0.1) is 11.3 Å². The number of hydrogen-bond acceptors (Lipinski definition) is 2. The van der Waals surface area contributed by atoms with E-state index in [0.29, 0.717) is 0 Å². The lowest BCUT2D eigenvalue weighted by atomic mass is 10.1. The molecule has 1 aromatic rings. The van der Waals surface area contributed by atoms with Crippen molar-refractivity contribution < 1.29 is 0 Å². The average Bonchev–Trinajstić information content (AvgIpc) is 2.51. The highest BCUT2D eigenvalue weighted by Crippen LogP contribution is 2.53. The number of rotatable bonds is 0. The summed E-state index contributed by atoms with van der Waals surface area (Å²) in [7, 11) is 0. The van der Waals surface area contributed by atoms with Gasteiger partial charge in [-0.3, -0.25) is 0 Å².